The Labute approximate surface area is 82.5 Å². The van der Waals surface area contributed by atoms with Crippen molar-refractivity contribution in [2.75, 3.05) is 6.17 Å². The Hall–Kier alpha value is -0.813. The third-order valence-corrected chi connectivity index (χ3v) is 2.51. The summed E-state index contributed by atoms with van der Waals surface area (Å²) in [7, 11) is -5.46. The normalized spacial score (nSPS) is 14.0. The van der Waals surface area contributed by atoms with E-state index in [-0.39, 0.29) is 6.04 Å². The van der Waals surface area contributed by atoms with Crippen molar-refractivity contribution in [1.29, 1.82) is 0 Å². The van der Waals surface area contributed by atoms with Crippen LogP contribution in [0.25, 0.3) is 0 Å². The summed E-state index contributed by atoms with van der Waals surface area (Å²) in [6, 6.07) is 8.86. The van der Waals surface area contributed by atoms with Crippen LogP contribution in [0.15, 0.2) is 30.3 Å². The Balaban J connectivity index is 2.48. The van der Waals surface area contributed by atoms with Gasteiger partial charge in [-0.05, 0) is 12.5 Å². The third-order valence-electron chi connectivity index (χ3n) is 1.91. The predicted molar refractivity (Wildman–Crippen MR) is 51.9 cm³/mol. The molecular formula is C9H12F3NSi. The van der Waals surface area contributed by atoms with Gasteiger partial charge >= 0.3 is 9.08 Å². The van der Waals surface area contributed by atoms with Gasteiger partial charge in [-0.15, -0.1) is 0 Å². The molecule has 1 rings (SSSR count). The largest absolute Gasteiger partial charge is 0.630 e. The summed E-state index contributed by atoms with van der Waals surface area (Å²) in [5, 5.41) is 2.48. The minimum Gasteiger partial charge on any atom is -0.306 e. The molecule has 0 aliphatic heterocycles. The SMILES string of the molecule is CC(NC[Si](F)(F)F)c1ccccc1. The van der Waals surface area contributed by atoms with Gasteiger partial charge in [-0.1, -0.05) is 30.3 Å². The highest BCUT2D eigenvalue weighted by molar-refractivity contribution is 6.58. The van der Waals surface area contributed by atoms with E-state index >= 15 is 0 Å². The van der Waals surface area contributed by atoms with Gasteiger partial charge in [-0.3, -0.25) is 0 Å². The van der Waals surface area contributed by atoms with Gasteiger partial charge < -0.3 is 5.32 Å². The van der Waals surface area contributed by atoms with Gasteiger partial charge in [-0.25, -0.2) is 12.3 Å². The van der Waals surface area contributed by atoms with Crippen LogP contribution >= 0.6 is 0 Å². The Morgan fingerprint density at radius 2 is 1.79 bits per heavy atom. The number of hydrogen-bond donors (Lipinski definition) is 1. The molecule has 0 bridgehead atoms. The lowest BCUT2D eigenvalue weighted by Crippen LogP contribution is -2.35. The highest BCUT2D eigenvalue weighted by Crippen LogP contribution is 2.13. The van der Waals surface area contributed by atoms with E-state index in [9.17, 15) is 12.3 Å². The van der Waals surface area contributed by atoms with Gasteiger partial charge in [0.1, 0.15) is 0 Å². The minimum atomic E-state index is -5.46. The fraction of sp³-hybridized carbons (Fsp3) is 0.333. The molecule has 0 saturated heterocycles. The Bertz CT molecular complexity index is 273. The lowest BCUT2D eigenvalue weighted by molar-refractivity contribution is 0.444. The van der Waals surface area contributed by atoms with E-state index < -0.39 is 15.2 Å². The highest BCUT2D eigenvalue weighted by Gasteiger charge is 2.36. The molecule has 1 N–H and O–H groups in total. The van der Waals surface area contributed by atoms with Gasteiger partial charge in [0.15, 0.2) is 0 Å². The molecule has 1 atom stereocenters. The van der Waals surface area contributed by atoms with E-state index in [1.807, 2.05) is 30.3 Å². The number of benzene rings is 1. The second-order valence-electron chi connectivity index (χ2n) is 3.13. The van der Waals surface area contributed by atoms with E-state index in [2.05, 4.69) is 5.32 Å². The molecular weight excluding hydrogens is 207 g/mol. The van der Waals surface area contributed by atoms with Gasteiger partial charge in [0.25, 0.3) is 0 Å². The Kier molecular flexibility index (Phi) is 3.71. The van der Waals surface area contributed by atoms with Crippen LogP contribution in [-0.4, -0.2) is 15.2 Å². The molecule has 0 saturated carbocycles. The lowest BCUT2D eigenvalue weighted by atomic mass is 10.1. The molecule has 0 fully saturated rings. The molecule has 1 unspecified atom stereocenters. The topological polar surface area (TPSA) is 12.0 Å². The average Bonchev–Trinajstić information content (AvgIpc) is 2.14. The second-order valence-corrected chi connectivity index (χ2v) is 4.71. The van der Waals surface area contributed by atoms with E-state index in [0.717, 1.165) is 5.56 Å². The van der Waals surface area contributed by atoms with Crippen LogP contribution in [0.3, 0.4) is 0 Å². The number of nitrogens with one attached hydrogen (secondary N) is 1. The van der Waals surface area contributed by atoms with Crippen LogP contribution in [0.1, 0.15) is 18.5 Å². The molecule has 0 radical (unpaired) electrons. The molecule has 1 aromatic rings. The molecule has 1 aromatic carbocycles. The van der Waals surface area contributed by atoms with Crippen molar-refractivity contribution in [2.45, 2.75) is 13.0 Å². The quantitative estimate of drug-likeness (QED) is 0.606. The van der Waals surface area contributed by atoms with Gasteiger partial charge in [0, 0.05) is 6.04 Å². The Morgan fingerprint density at radius 1 is 1.21 bits per heavy atom. The van der Waals surface area contributed by atoms with Crippen LogP contribution in [0.4, 0.5) is 12.3 Å². The van der Waals surface area contributed by atoms with Crippen molar-refractivity contribution < 1.29 is 12.3 Å². The molecule has 78 valence electrons. The molecule has 0 aliphatic carbocycles. The van der Waals surface area contributed by atoms with E-state index in [1.165, 1.54) is 0 Å². The van der Waals surface area contributed by atoms with Crippen molar-refractivity contribution in [3.8, 4) is 0 Å². The van der Waals surface area contributed by atoms with Crippen molar-refractivity contribution in [3.05, 3.63) is 35.9 Å². The minimum absolute atomic E-state index is 0.245. The van der Waals surface area contributed by atoms with Gasteiger partial charge in [0.2, 0.25) is 0 Å². The average molecular weight is 219 g/mol. The lowest BCUT2D eigenvalue weighted by Gasteiger charge is -2.14. The predicted octanol–water partition coefficient (Wildman–Crippen LogP) is 2.72. The van der Waals surface area contributed by atoms with Gasteiger partial charge in [0.05, 0.1) is 6.17 Å². The summed E-state index contributed by atoms with van der Waals surface area (Å²) >= 11 is 0. The van der Waals surface area contributed by atoms with Crippen LogP contribution in [0.5, 0.6) is 0 Å². The molecule has 0 spiro atoms. The fourth-order valence-electron chi connectivity index (χ4n) is 1.13. The first-order chi connectivity index (χ1) is 6.49. The second kappa shape index (κ2) is 4.61. The summed E-state index contributed by atoms with van der Waals surface area (Å²) in [4.78, 5) is 0. The zero-order valence-corrected chi connectivity index (χ0v) is 8.81. The Morgan fingerprint density at radius 3 is 2.29 bits per heavy atom. The summed E-state index contributed by atoms with van der Waals surface area (Å²) in [5.41, 5.74) is 0.880. The molecule has 14 heavy (non-hydrogen) atoms. The smallest absolute Gasteiger partial charge is 0.306 e. The summed E-state index contributed by atoms with van der Waals surface area (Å²) in [6.45, 7) is 1.73. The monoisotopic (exact) mass is 219 g/mol. The summed E-state index contributed by atoms with van der Waals surface area (Å²) < 4.78 is 36.0. The zero-order valence-electron chi connectivity index (χ0n) is 7.81. The third kappa shape index (κ3) is 3.93. The molecule has 1 nitrogen and oxygen atoms in total. The van der Waals surface area contributed by atoms with Crippen LogP contribution in [0, 0.1) is 0 Å². The highest BCUT2D eigenvalue weighted by atomic mass is 28.5. The number of halogens is 3. The van der Waals surface area contributed by atoms with Crippen LogP contribution in [-0.2, 0) is 0 Å². The van der Waals surface area contributed by atoms with Crippen molar-refractivity contribution in [1.82, 2.24) is 5.32 Å². The maximum absolute atomic E-state index is 12.0. The number of rotatable bonds is 4. The van der Waals surface area contributed by atoms with Gasteiger partial charge in [-0.2, -0.15) is 0 Å². The maximum atomic E-state index is 12.0. The van der Waals surface area contributed by atoms with Crippen molar-refractivity contribution >= 4 is 9.08 Å². The molecule has 0 amide bonds. The number of hydrogen-bond acceptors (Lipinski definition) is 1. The first-order valence-corrected chi connectivity index (χ1v) is 6.18. The van der Waals surface area contributed by atoms with Crippen molar-refractivity contribution in [2.24, 2.45) is 0 Å². The first kappa shape index (κ1) is 11.3. The molecule has 0 aromatic heterocycles. The summed E-state index contributed by atoms with van der Waals surface area (Å²) in [5.74, 6) is 0. The van der Waals surface area contributed by atoms with E-state index in [0.29, 0.717) is 0 Å². The summed E-state index contributed by atoms with van der Waals surface area (Å²) in [6.07, 6.45) is -0.816. The van der Waals surface area contributed by atoms with Crippen LogP contribution in [0.2, 0.25) is 0 Å². The zero-order chi connectivity index (χ0) is 10.6. The molecule has 0 heterocycles. The molecule has 0 aliphatic rings. The standard InChI is InChI=1S/C9H12F3NSi/c1-8(13-7-14(10,11)12)9-5-3-2-4-6-9/h2-6,8,13H,7H2,1H3. The van der Waals surface area contributed by atoms with Crippen molar-refractivity contribution in [3.63, 3.8) is 0 Å². The first-order valence-electron chi connectivity index (χ1n) is 4.34. The fourth-order valence-corrected chi connectivity index (χ4v) is 1.67. The maximum Gasteiger partial charge on any atom is 0.630 e. The van der Waals surface area contributed by atoms with E-state index in [4.69, 9.17) is 0 Å². The molecule has 5 heteroatoms. The van der Waals surface area contributed by atoms with E-state index in [1.54, 1.807) is 6.92 Å². The van der Waals surface area contributed by atoms with Crippen LogP contribution < -0.4 is 5.32 Å².